The van der Waals surface area contributed by atoms with Gasteiger partial charge < -0.3 is 14.8 Å². The van der Waals surface area contributed by atoms with Crippen molar-refractivity contribution < 1.29 is 9.47 Å². The van der Waals surface area contributed by atoms with Gasteiger partial charge in [0.15, 0.2) is 0 Å². The van der Waals surface area contributed by atoms with Crippen LogP contribution in [0, 0.1) is 0 Å². The van der Waals surface area contributed by atoms with Crippen molar-refractivity contribution in [1.29, 1.82) is 0 Å². The van der Waals surface area contributed by atoms with Crippen molar-refractivity contribution in [2.24, 2.45) is 0 Å². The Hall–Kier alpha value is -2.00. The Balaban J connectivity index is 1.85. The second-order valence-corrected chi connectivity index (χ2v) is 6.34. The van der Waals surface area contributed by atoms with Gasteiger partial charge in [0.2, 0.25) is 0 Å². The SMILES string of the molecule is CCCCCc1ccc(CCNCc2ccccc2OC)c(OC)c1. The third-order valence-corrected chi connectivity index (χ3v) is 4.50. The van der Waals surface area contributed by atoms with Crippen molar-refractivity contribution in [1.82, 2.24) is 5.32 Å². The minimum Gasteiger partial charge on any atom is -0.496 e. The summed E-state index contributed by atoms with van der Waals surface area (Å²) in [4.78, 5) is 0. The van der Waals surface area contributed by atoms with Crippen LogP contribution in [-0.2, 0) is 19.4 Å². The highest BCUT2D eigenvalue weighted by molar-refractivity contribution is 5.38. The molecule has 0 bridgehead atoms. The minimum absolute atomic E-state index is 0.807. The molecule has 25 heavy (non-hydrogen) atoms. The number of para-hydroxylation sites is 1. The fraction of sp³-hybridized carbons (Fsp3) is 0.455. The fourth-order valence-electron chi connectivity index (χ4n) is 3.03. The van der Waals surface area contributed by atoms with Gasteiger partial charge in [0, 0.05) is 12.1 Å². The molecular weight excluding hydrogens is 310 g/mol. The van der Waals surface area contributed by atoms with Crippen LogP contribution in [0.15, 0.2) is 42.5 Å². The molecule has 1 N–H and O–H groups in total. The molecule has 0 aliphatic heterocycles. The number of ether oxygens (including phenoxy) is 2. The zero-order valence-corrected chi connectivity index (χ0v) is 15.8. The maximum atomic E-state index is 5.60. The maximum Gasteiger partial charge on any atom is 0.123 e. The summed E-state index contributed by atoms with van der Waals surface area (Å²) in [7, 11) is 3.47. The fourth-order valence-corrected chi connectivity index (χ4v) is 3.03. The molecule has 0 amide bonds. The van der Waals surface area contributed by atoms with Gasteiger partial charge >= 0.3 is 0 Å². The predicted octanol–water partition coefficient (Wildman–Crippen LogP) is 4.77. The first-order valence-corrected chi connectivity index (χ1v) is 9.27. The van der Waals surface area contributed by atoms with Crippen LogP contribution in [-0.4, -0.2) is 20.8 Å². The Morgan fingerprint density at radius 2 is 1.64 bits per heavy atom. The van der Waals surface area contributed by atoms with Gasteiger partial charge in [-0.3, -0.25) is 0 Å². The lowest BCUT2D eigenvalue weighted by atomic mass is 10.0. The maximum absolute atomic E-state index is 5.60. The van der Waals surface area contributed by atoms with E-state index in [1.165, 1.54) is 36.0 Å². The van der Waals surface area contributed by atoms with Crippen LogP contribution in [0.4, 0.5) is 0 Å². The zero-order chi connectivity index (χ0) is 17.9. The van der Waals surface area contributed by atoms with Gasteiger partial charge in [-0.25, -0.2) is 0 Å². The number of hydrogen-bond acceptors (Lipinski definition) is 3. The van der Waals surface area contributed by atoms with E-state index in [1.807, 2.05) is 18.2 Å². The van der Waals surface area contributed by atoms with Gasteiger partial charge in [-0.1, -0.05) is 50.1 Å². The number of aryl methyl sites for hydroxylation is 1. The van der Waals surface area contributed by atoms with Gasteiger partial charge in [-0.05, 0) is 49.1 Å². The second-order valence-electron chi connectivity index (χ2n) is 6.34. The molecule has 0 fully saturated rings. The summed E-state index contributed by atoms with van der Waals surface area (Å²) in [5.41, 5.74) is 3.81. The molecule has 2 aromatic rings. The molecule has 2 rings (SSSR count). The number of methoxy groups -OCH3 is 2. The molecule has 0 spiro atoms. The molecule has 2 aromatic carbocycles. The smallest absolute Gasteiger partial charge is 0.123 e. The first kappa shape index (κ1) is 19.3. The van der Waals surface area contributed by atoms with E-state index in [2.05, 4.69) is 36.5 Å². The monoisotopic (exact) mass is 341 g/mol. The number of benzene rings is 2. The van der Waals surface area contributed by atoms with Crippen LogP contribution in [0.2, 0.25) is 0 Å². The summed E-state index contributed by atoms with van der Waals surface area (Å²) < 4.78 is 11.0. The molecule has 0 aromatic heterocycles. The number of rotatable bonds is 11. The van der Waals surface area contributed by atoms with Gasteiger partial charge in [0.1, 0.15) is 11.5 Å². The van der Waals surface area contributed by atoms with E-state index in [0.717, 1.165) is 37.4 Å². The van der Waals surface area contributed by atoms with Crippen molar-refractivity contribution in [3.8, 4) is 11.5 Å². The zero-order valence-electron chi connectivity index (χ0n) is 15.8. The molecule has 0 atom stereocenters. The van der Waals surface area contributed by atoms with E-state index in [-0.39, 0.29) is 0 Å². The molecule has 3 nitrogen and oxygen atoms in total. The Morgan fingerprint density at radius 3 is 2.40 bits per heavy atom. The minimum atomic E-state index is 0.807. The van der Waals surface area contributed by atoms with Crippen molar-refractivity contribution in [3.05, 3.63) is 59.2 Å². The highest BCUT2D eigenvalue weighted by atomic mass is 16.5. The van der Waals surface area contributed by atoms with E-state index in [4.69, 9.17) is 9.47 Å². The Bertz CT molecular complexity index is 640. The van der Waals surface area contributed by atoms with Crippen LogP contribution in [0.3, 0.4) is 0 Å². The summed E-state index contributed by atoms with van der Waals surface area (Å²) in [5.74, 6) is 1.94. The summed E-state index contributed by atoms with van der Waals surface area (Å²) in [5, 5.41) is 3.50. The lowest BCUT2D eigenvalue weighted by Crippen LogP contribution is -2.17. The van der Waals surface area contributed by atoms with E-state index in [1.54, 1.807) is 14.2 Å². The molecule has 0 heterocycles. The summed E-state index contributed by atoms with van der Waals surface area (Å²) in [6.45, 7) is 3.95. The highest BCUT2D eigenvalue weighted by Crippen LogP contribution is 2.22. The molecule has 136 valence electrons. The van der Waals surface area contributed by atoms with Gasteiger partial charge in [0.05, 0.1) is 14.2 Å². The Morgan fingerprint density at radius 1 is 0.840 bits per heavy atom. The van der Waals surface area contributed by atoms with Gasteiger partial charge in [-0.2, -0.15) is 0 Å². The molecule has 0 saturated carbocycles. The summed E-state index contributed by atoms with van der Waals surface area (Å²) in [6.07, 6.45) is 5.88. The molecular formula is C22H31NO2. The third kappa shape index (κ3) is 6.09. The van der Waals surface area contributed by atoms with Gasteiger partial charge in [-0.15, -0.1) is 0 Å². The third-order valence-electron chi connectivity index (χ3n) is 4.50. The average molecular weight is 341 g/mol. The number of hydrogen-bond donors (Lipinski definition) is 1. The summed E-state index contributed by atoms with van der Waals surface area (Å²) in [6, 6.07) is 14.8. The normalized spacial score (nSPS) is 10.7. The van der Waals surface area contributed by atoms with Crippen LogP contribution in [0.25, 0.3) is 0 Å². The predicted molar refractivity (Wildman–Crippen MR) is 105 cm³/mol. The Labute approximate surface area is 152 Å². The standard InChI is InChI=1S/C22H31NO2/c1-4-5-6-9-18-12-13-19(22(16-18)25-3)14-15-23-17-20-10-7-8-11-21(20)24-2/h7-8,10-13,16,23H,4-6,9,14-15,17H2,1-3H3. The van der Waals surface area contributed by atoms with Crippen LogP contribution in [0.1, 0.15) is 42.9 Å². The average Bonchev–Trinajstić information content (AvgIpc) is 2.66. The summed E-state index contributed by atoms with van der Waals surface area (Å²) >= 11 is 0. The largest absolute Gasteiger partial charge is 0.496 e. The van der Waals surface area contributed by atoms with Gasteiger partial charge in [0.25, 0.3) is 0 Å². The molecule has 3 heteroatoms. The van der Waals surface area contributed by atoms with Crippen molar-refractivity contribution in [2.45, 2.75) is 45.6 Å². The quantitative estimate of drug-likeness (QED) is 0.597. The Kier molecular flexibility index (Phi) is 8.33. The topological polar surface area (TPSA) is 30.5 Å². The lowest BCUT2D eigenvalue weighted by molar-refractivity contribution is 0.406. The van der Waals surface area contributed by atoms with E-state index in [9.17, 15) is 0 Å². The molecule has 0 unspecified atom stereocenters. The van der Waals surface area contributed by atoms with E-state index in [0.29, 0.717) is 0 Å². The number of unbranched alkanes of at least 4 members (excludes halogenated alkanes) is 2. The second kappa shape index (κ2) is 10.8. The molecule has 0 aliphatic carbocycles. The van der Waals surface area contributed by atoms with Crippen molar-refractivity contribution in [3.63, 3.8) is 0 Å². The van der Waals surface area contributed by atoms with Crippen LogP contribution < -0.4 is 14.8 Å². The first-order chi connectivity index (χ1) is 12.3. The van der Waals surface area contributed by atoms with E-state index < -0.39 is 0 Å². The lowest BCUT2D eigenvalue weighted by Gasteiger charge is -2.12. The highest BCUT2D eigenvalue weighted by Gasteiger charge is 2.06. The van der Waals surface area contributed by atoms with Crippen molar-refractivity contribution in [2.75, 3.05) is 20.8 Å². The molecule has 0 radical (unpaired) electrons. The van der Waals surface area contributed by atoms with Crippen molar-refractivity contribution >= 4 is 0 Å². The first-order valence-electron chi connectivity index (χ1n) is 9.27. The van der Waals surface area contributed by atoms with Crippen LogP contribution in [0.5, 0.6) is 11.5 Å². The van der Waals surface area contributed by atoms with E-state index >= 15 is 0 Å². The number of nitrogens with one attached hydrogen (secondary N) is 1. The van der Waals surface area contributed by atoms with Crippen LogP contribution >= 0.6 is 0 Å². The molecule has 0 saturated heterocycles. The molecule has 0 aliphatic rings.